The Kier molecular flexibility index (Phi) is 10.3. The number of carbonyl (C=O) groups is 4. The first-order valence-corrected chi connectivity index (χ1v) is 20.3. The molecule has 288 valence electrons. The van der Waals surface area contributed by atoms with Gasteiger partial charge in [0.2, 0.25) is 17.7 Å². The molecule has 2 saturated heterocycles. The summed E-state index contributed by atoms with van der Waals surface area (Å²) in [4.78, 5) is 63.5. The van der Waals surface area contributed by atoms with E-state index in [0.717, 1.165) is 84.2 Å². The first kappa shape index (κ1) is 37.1. The van der Waals surface area contributed by atoms with Crippen molar-refractivity contribution in [1.82, 2.24) is 15.3 Å². The van der Waals surface area contributed by atoms with Crippen LogP contribution < -0.4 is 5.43 Å². The molecule has 0 radical (unpaired) electrons. The molecule has 0 unspecified atom stereocenters. The summed E-state index contributed by atoms with van der Waals surface area (Å²) in [7, 11) is 1.37. The molecule has 1 N–H and O–H groups in total. The number of hydrazine groups is 1. The van der Waals surface area contributed by atoms with Gasteiger partial charge in [0.25, 0.3) is 0 Å². The second-order valence-corrected chi connectivity index (χ2v) is 16.9. The minimum Gasteiger partial charge on any atom is -0.469 e. The highest BCUT2D eigenvalue weighted by Gasteiger charge is 2.53. The number of hydrogen-bond acceptors (Lipinski definition) is 7. The third-order valence-electron chi connectivity index (χ3n) is 13.3. The third kappa shape index (κ3) is 7.20. The Balaban J connectivity index is 0.867. The molecule has 2 bridgehead atoms. The summed E-state index contributed by atoms with van der Waals surface area (Å²) in [5, 5.41) is 1.54. The highest BCUT2D eigenvalue weighted by molar-refractivity contribution is 6.04. The van der Waals surface area contributed by atoms with Gasteiger partial charge in [-0.2, -0.15) is 0 Å². The molecule has 55 heavy (non-hydrogen) atoms. The number of nitrogens with one attached hydrogen (secondary N) is 1. The van der Waals surface area contributed by atoms with Crippen LogP contribution in [-0.4, -0.2) is 71.3 Å². The van der Waals surface area contributed by atoms with Gasteiger partial charge in [-0.3, -0.25) is 39.6 Å². The second kappa shape index (κ2) is 15.3. The molecule has 10 heteroatoms. The number of amides is 3. The summed E-state index contributed by atoms with van der Waals surface area (Å²) in [5.74, 6) is 0.120. The number of likely N-dealkylation sites (tertiary alicyclic amines) is 1. The lowest BCUT2D eigenvalue weighted by Crippen LogP contribution is -2.49. The van der Waals surface area contributed by atoms with Crippen LogP contribution in [-0.2, 0) is 23.9 Å². The number of allylic oxidation sites excluding steroid dienone is 2. The normalized spacial score (nSPS) is 27.7. The van der Waals surface area contributed by atoms with Crippen LogP contribution >= 0.6 is 0 Å². The highest BCUT2D eigenvalue weighted by Crippen LogP contribution is 2.54. The smallest absolute Gasteiger partial charge is 0.306 e. The van der Waals surface area contributed by atoms with E-state index in [4.69, 9.17) is 14.7 Å². The maximum Gasteiger partial charge on any atom is 0.306 e. The van der Waals surface area contributed by atoms with E-state index >= 15 is 0 Å². The number of nitrogens with zero attached hydrogens (tertiary/aromatic N) is 4. The molecule has 2 aromatic carbocycles. The van der Waals surface area contributed by atoms with Gasteiger partial charge in [0.1, 0.15) is 0 Å². The molecule has 6 aliphatic rings. The minimum atomic E-state index is -0.400. The van der Waals surface area contributed by atoms with Gasteiger partial charge in [-0.15, -0.1) is 0 Å². The summed E-state index contributed by atoms with van der Waals surface area (Å²) in [6, 6.07) is 17.2. The molecule has 7 atom stereocenters. The highest BCUT2D eigenvalue weighted by atomic mass is 16.5. The van der Waals surface area contributed by atoms with Crippen molar-refractivity contribution < 1.29 is 23.9 Å². The van der Waals surface area contributed by atoms with Crippen LogP contribution in [0.15, 0.2) is 70.9 Å². The molecular formula is C45H53N5O5. The number of esters is 1. The molecule has 2 aromatic rings. The number of carbonyl (C=O) groups excluding carboxylic acids is 4. The Bertz CT molecular complexity index is 1980. The van der Waals surface area contributed by atoms with Gasteiger partial charge >= 0.3 is 5.97 Å². The molecule has 0 aromatic heterocycles. The summed E-state index contributed by atoms with van der Waals surface area (Å²) < 4.78 is 4.88. The lowest BCUT2D eigenvalue weighted by Gasteiger charge is -2.32. The molecule has 10 nitrogen and oxygen atoms in total. The van der Waals surface area contributed by atoms with Crippen molar-refractivity contribution in [2.45, 2.75) is 84.6 Å². The third-order valence-corrected chi connectivity index (χ3v) is 13.3. The average Bonchev–Trinajstić information content (AvgIpc) is 4.06. The van der Waals surface area contributed by atoms with Crippen molar-refractivity contribution in [2.24, 2.45) is 51.4 Å². The van der Waals surface area contributed by atoms with Gasteiger partial charge in [-0.1, -0.05) is 69.3 Å². The van der Waals surface area contributed by atoms with E-state index in [2.05, 4.69) is 54.0 Å². The van der Waals surface area contributed by atoms with Gasteiger partial charge < -0.3 is 9.64 Å². The lowest BCUT2D eigenvalue weighted by atomic mass is 9.75. The van der Waals surface area contributed by atoms with Gasteiger partial charge in [0.15, 0.2) is 0 Å². The number of aliphatic imine (C=N–C) groups is 2. The SMILES string of the molecule is COC(=O)C[C@H](C(=O)N1CCC[C@H]1C1=NC=C(c2ccc(-c3ccc(C4=CN=C([C@@H]5[C@H]6CC[C@H](C6)[C@H]5C(=O)NN5CC[C@H](C)C5=O)C4)cc3)cc2)C1)C(C)C. The number of hydrogen-bond donors (Lipinski definition) is 1. The molecular weight excluding hydrogens is 691 g/mol. The molecule has 4 heterocycles. The number of fused-ring (bicyclic) bond motifs is 2. The van der Waals surface area contributed by atoms with Gasteiger partial charge in [-0.05, 0) is 89.7 Å². The van der Waals surface area contributed by atoms with Crippen LogP contribution in [0.5, 0.6) is 0 Å². The van der Waals surface area contributed by atoms with Crippen LogP contribution in [0.4, 0.5) is 0 Å². The zero-order valence-electron chi connectivity index (χ0n) is 32.5. The van der Waals surface area contributed by atoms with Crippen molar-refractivity contribution in [3.63, 3.8) is 0 Å². The van der Waals surface area contributed by atoms with Crippen LogP contribution in [0, 0.1) is 41.4 Å². The van der Waals surface area contributed by atoms with Gasteiger partial charge in [-0.25, -0.2) is 0 Å². The topological polar surface area (TPSA) is 121 Å². The first-order chi connectivity index (χ1) is 26.6. The predicted molar refractivity (Wildman–Crippen MR) is 213 cm³/mol. The molecule has 2 aliphatic carbocycles. The van der Waals surface area contributed by atoms with E-state index in [0.29, 0.717) is 31.3 Å². The Morgan fingerprint density at radius 1 is 0.818 bits per heavy atom. The van der Waals surface area contributed by atoms with Gasteiger partial charge in [0.05, 0.1) is 31.4 Å². The van der Waals surface area contributed by atoms with E-state index < -0.39 is 5.92 Å². The van der Waals surface area contributed by atoms with E-state index in [1.807, 2.05) is 38.1 Å². The fourth-order valence-electron chi connectivity index (χ4n) is 10.2. The van der Waals surface area contributed by atoms with E-state index in [1.165, 1.54) is 17.7 Å². The minimum absolute atomic E-state index is 0.0100. The maximum absolute atomic E-state index is 13.6. The van der Waals surface area contributed by atoms with Crippen LogP contribution in [0.1, 0.15) is 89.7 Å². The predicted octanol–water partition coefficient (Wildman–Crippen LogP) is 7.11. The molecule has 4 aliphatic heterocycles. The van der Waals surface area contributed by atoms with Crippen molar-refractivity contribution >= 4 is 46.3 Å². The molecule has 8 rings (SSSR count). The number of rotatable bonds is 11. The van der Waals surface area contributed by atoms with Crippen LogP contribution in [0.2, 0.25) is 0 Å². The van der Waals surface area contributed by atoms with E-state index in [9.17, 15) is 19.2 Å². The van der Waals surface area contributed by atoms with E-state index in [1.54, 1.807) is 0 Å². The Morgan fingerprint density at radius 3 is 2.02 bits per heavy atom. The lowest BCUT2D eigenvalue weighted by molar-refractivity contribution is -0.148. The Morgan fingerprint density at radius 2 is 1.42 bits per heavy atom. The van der Waals surface area contributed by atoms with Gasteiger partial charge in [0, 0.05) is 61.6 Å². The Hall–Kier alpha value is -4.86. The van der Waals surface area contributed by atoms with Crippen LogP contribution in [0.25, 0.3) is 22.3 Å². The van der Waals surface area contributed by atoms with Crippen LogP contribution in [0.3, 0.4) is 0 Å². The quantitative estimate of drug-likeness (QED) is 0.246. The maximum atomic E-state index is 13.6. The molecule has 0 spiro atoms. The monoisotopic (exact) mass is 743 g/mol. The number of methoxy groups -OCH3 is 1. The van der Waals surface area contributed by atoms with Crippen molar-refractivity contribution in [2.75, 3.05) is 20.2 Å². The zero-order valence-corrected chi connectivity index (χ0v) is 32.5. The number of benzene rings is 2. The Labute approximate surface area is 324 Å². The first-order valence-electron chi connectivity index (χ1n) is 20.3. The van der Waals surface area contributed by atoms with Crippen molar-refractivity contribution in [3.05, 3.63) is 72.1 Å². The zero-order chi connectivity index (χ0) is 38.4. The van der Waals surface area contributed by atoms with Crippen molar-refractivity contribution in [1.29, 1.82) is 0 Å². The molecule has 3 amide bonds. The molecule has 4 fully saturated rings. The average molecular weight is 744 g/mol. The van der Waals surface area contributed by atoms with Crippen molar-refractivity contribution in [3.8, 4) is 11.1 Å². The largest absolute Gasteiger partial charge is 0.469 e. The summed E-state index contributed by atoms with van der Waals surface area (Å²) in [6.45, 7) is 7.17. The number of ether oxygens (including phenoxy) is 1. The fraction of sp³-hybridized carbons (Fsp3) is 0.511. The summed E-state index contributed by atoms with van der Waals surface area (Å²) in [5.41, 5.74) is 12.0. The van der Waals surface area contributed by atoms with E-state index in [-0.39, 0.29) is 59.8 Å². The second-order valence-electron chi connectivity index (χ2n) is 16.9. The summed E-state index contributed by atoms with van der Waals surface area (Å²) >= 11 is 0. The summed E-state index contributed by atoms with van der Waals surface area (Å²) in [6.07, 6.45) is 11.4. The standard InChI is InChI=1S/C45H53N5O5/c1-26(2)36(23-40(51)55-4)45(54)49-18-5-6-39(49)37-21-34(24-46-37)30-11-7-28(8-12-30)29-9-13-31(14-10-29)35-22-38(47-25-35)41-32-15-16-33(20-32)42(41)43(52)48-50-19-17-27(3)44(50)53/h7-14,24-27,32-33,36,39,41-42H,5-6,15-23H2,1-4H3,(H,48,52)/t27-,32-,33+,36-,39-,41-,42+/m0/s1. The fourth-order valence-corrected chi connectivity index (χ4v) is 10.2. The molecule has 2 saturated carbocycles.